The second kappa shape index (κ2) is 9.18. The number of methoxy groups -OCH3 is 1. The van der Waals surface area contributed by atoms with E-state index in [1.54, 1.807) is 13.3 Å². The fraction of sp³-hybridized carbons (Fsp3) is 0.412. The summed E-state index contributed by atoms with van der Waals surface area (Å²) in [4.78, 5) is 19.0. The van der Waals surface area contributed by atoms with Gasteiger partial charge in [-0.3, -0.25) is 9.78 Å². The molecule has 2 heterocycles. The summed E-state index contributed by atoms with van der Waals surface area (Å²) in [6.45, 7) is 1.14. The number of ether oxygens (including phenoxy) is 1. The van der Waals surface area contributed by atoms with Crippen LogP contribution in [0.1, 0.15) is 23.2 Å². The summed E-state index contributed by atoms with van der Waals surface area (Å²) in [5.41, 5.74) is 7.44. The van der Waals surface area contributed by atoms with Gasteiger partial charge in [0.05, 0.1) is 11.6 Å². The topological polar surface area (TPSA) is 68.5 Å². The van der Waals surface area contributed by atoms with Gasteiger partial charge in [-0.25, -0.2) is 0 Å². The molecule has 2 unspecified atom stereocenters. The number of rotatable bonds is 3. The summed E-state index contributed by atoms with van der Waals surface area (Å²) in [6.07, 6.45) is 3.60. The number of halogens is 2. The van der Waals surface area contributed by atoms with Gasteiger partial charge in [-0.05, 0) is 37.1 Å². The van der Waals surface area contributed by atoms with E-state index in [-0.39, 0.29) is 42.9 Å². The van der Waals surface area contributed by atoms with Crippen molar-refractivity contribution in [1.82, 2.24) is 9.88 Å². The molecule has 5 nitrogen and oxygen atoms in total. The van der Waals surface area contributed by atoms with Crippen LogP contribution in [0.3, 0.4) is 0 Å². The largest absolute Gasteiger partial charge is 0.381 e. The van der Waals surface area contributed by atoms with Crippen LogP contribution in [0.5, 0.6) is 0 Å². The molecule has 1 fully saturated rings. The number of hydrogen-bond donors (Lipinski definition) is 1. The van der Waals surface area contributed by atoms with Gasteiger partial charge < -0.3 is 15.4 Å². The van der Waals surface area contributed by atoms with E-state index in [2.05, 4.69) is 4.98 Å². The molecule has 0 radical (unpaired) electrons. The first-order chi connectivity index (χ1) is 10.7. The van der Waals surface area contributed by atoms with Crippen molar-refractivity contribution in [1.29, 1.82) is 0 Å². The molecule has 1 aliphatic heterocycles. The maximum Gasteiger partial charge on any atom is 0.254 e. The molecular weight excluding hydrogens is 349 g/mol. The highest BCUT2D eigenvalue weighted by molar-refractivity contribution is 5.98. The van der Waals surface area contributed by atoms with Crippen molar-refractivity contribution < 1.29 is 9.53 Å². The third-order valence-corrected chi connectivity index (χ3v) is 4.38. The van der Waals surface area contributed by atoms with Crippen LogP contribution in [0.4, 0.5) is 0 Å². The third kappa shape index (κ3) is 4.16. The smallest absolute Gasteiger partial charge is 0.254 e. The van der Waals surface area contributed by atoms with Crippen molar-refractivity contribution in [2.24, 2.45) is 5.73 Å². The zero-order chi connectivity index (χ0) is 15.5. The fourth-order valence-corrected chi connectivity index (χ4v) is 3.09. The molecule has 1 aromatic carbocycles. The summed E-state index contributed by atoms with van der Waals surface area (Å²) in [6, 6.07) is 9.52. The number of fused-ring (bicyclic) bond motifs is 1. The number of pyridine rings is 1. The number of carbonyl (C=O) groups excluding carboxylic acids is 1. The number of benzene rings is 1. The van der Waals surface area contributed by atoms with Crippen molar-refractivity contribution in [2.75, 3.05) is 20.2 Å². The number of hydrogen-bond acceptors (Lipinski definition) is 4. The van der Waals surface area contributed by atoms with Gasteiger partial charge in [0.15, 0.2) is 0 Å². The minimum absolute atomic E-state index is 0. The van der Waals surface area contributed by atoms with Crippen molar-refractivity contribution in [2.45, 2.75) is 25.0 Å². The number of aromatic nitrogens is 1. The zero-order valence-corrected chi connectivity index (χ0v) is 15.2. The molecule has 1 aliphatic rings. The van der Waals surface area contributed by atoms with E-state index in [0.717, 1.165) is 23.7 Å². The summed E-state index contributed by atoms with van der Waals surface area (Å²) >= 11 is 0. The summed E-state index contributed by atoms with van der Waals surface area (Å²) in [5.74, 6) is 0.0377. The van der Waals surface area contributed by atoms with Gasteiger partial charge in [-0.1, -0.05) is 6.07 Å². The Morgan fingerprint density at radius 2 is 2.17 bits per heavy atom. The van der Waals surface area contributed by atoms with Crippen molar-refractivity contribution in [3.63, 3.8) is 0 Å². The Kier molecular flexibility index (Phi) is 7.90. The number of likely N-dealkylation sites (tertiary alicyclic amines) is 1. The molecule has 0 saturated carbocycles. The number of amides is 1. The van der Waals surface area contributed by atoms with Gasteiger partial charge in [0.1, 0.15) is 0 Å². The van der Waals surface area contributed by atoms with Crippen LogP contribution < -0.4 is 5.73 Å². The molecule has 2 aromatic rings. The maximum absolute atomic E-state index is 12.8. The molecule has 132 valence electrons. The van der Waals surface area contributed by atoms with Crippen LogP contribution in [0.15, 0.2) is 36.5 Å². The third-order valence-electron chi connectivity index (χ3n) is 4.38. The van der Waals surface area contributed by atoms with Crippen molar-refractivity contribution in [3.8, 4) is 0 Å². The minimum atomic E-state index is 0. The highest BCUT2D eigenvalue weighted by atomic mass is 35.5. The second-order valence-electron chi connectivity index (χ2n) is 5.68. The van der Waals surface area contributed by atoms with Gasteiger partial charge in [0.2, 0.25) is 0 Å². The van der Waals surface area contributed by atoms with Crippen molar-refractivity contribution in [3.05, 3.63) is 42.1 Å². The summed E-state index contributed by atoms with van der Waals surface area (Å²) in [5, 5.41) is 0.976. The normalized spacial score (nSPS) is 20.2. The second-order valence-corrected chi connectivity index (χ2v) is 5.68. The Bertz CT molecular complexity index is 684. The number of nitrogens with two attached hydrogens (primary N) is 1. The van der Waals surface area contributed by atoms with Crippen LogP contribution in [0.2, 0.25) is 0 Å². The Labute approximate surface area is 154 Å². The lowest BCUT2D eigenvalue weighted by molar-refractivity contribution is 0.0139. The molecule has 24 heavy (non-hydrogen) atoms. The molecule has 1 saturated heterocycles. The summed E-state index contributed by atoms with van der Waals surface area (Å²) < 4.78 is 5.41. The quantitative estimate of drug-likeness (QED) is 0.900. The predicted octanol–water partition coefficient (Wildman–Crippen LogP) is 2.66. The average Bonchev–Trinajstić information content (AvgIpc) is 2.60. The van der Waals surface area contributed by atoms with Crippen LogP contribution in [0.25, 0.3) is 10.9 Å². The Morgan fingerprint density at radius 3 is 2.88 bits per heavy atom. The highest BCUT2D eigenvalue weighted by Gasteiger charge is 2.31. The molecule has 2 atom stereocenters. The molecule has 1 aromatic heterocycles. The SMILES string of the molecule is COC1CCN(C(=O)c2ccc3ncccc3c2)C(CN)C1.Cl.Cl. The summed E-state index contributed by atoms with van der Waals surface area (Å²) in [7, 11) is 1.71. The van der Waals surface area contributed by atoms with Crippen molar-refractivity contribution >= 4 is 41.6 Å². The van der Waals surface area contributed by atoms with Crippen LogP contribution in [-0.4, -0.2) is 48.1 Å². The van der Waals surface area contributed by atoms with E-state index in [1.807, 2.05) is 35.2 Å². The lowest BCUT2D eigenvalue weighted by Gasteiger charge is -2.38. The molecule has 0 bridgehead atoms. The van der Waals surface area contributed by atoms with Gasteiger partial charge in [0, 0.05) is 43.4 Å². The maximum atomic E-state index is 12.8. The molecule has 2 N–H and O–H groups in total. The van der Waals surface area contributed by atoms with Crippen LogP contribution in [0, 0.1) is 0 Å². The zero-order valence-electron chi connectivity index (χ0n) is 13.6. The molecule has 7 heteroatoms. The lowest BCUT2D eigenvalue weighted by atomic mass is 9.98. The fourth-order valence-electron chi connectivity index (χ4n) is 3.09. The van der Waals surface area contributed by atoms with Gasteiger partial charge in [-0.15, -0.1) is 24.8 Å². The van der Waals surface area contributed by atoms with Gasteiger partial charge in [-0.2, -0.15) is 0 Å². The van der Waals surface area contributed by atoms with E-state index in [9.17, 15) is 4.79 Å². The monoisotopic (exact) mass is 371 g/mol. The molecule has 1 amide bonds. The number of carbonyl (C=O) groups is 1. The molecule has 0 aliphatic carbocycles. The van der Waals surface area contributed by atoms with E-state index in [1.165, 1.54) is 0 Å². The number of piperidine rings is 1. The van der Waals surface area contributed by atoms with E-state index < -0.39 is 0 Å². The Hall–Kier alpha value is -1.40. The Balaban J connectivity index is 0.00000144. The number of nitrogens with zero attached hydrogens (tertiary/aromatic N) is 2. The van der Waals surface area contributed by atoms with E-state index >= 15 is 0 Å². The average molecular weight is 372 g/mol. The Morgan fingerprint density at radius 1 is 1.38 bits per heavy atom. The first-order valence-corrected chi connectivity index (χ1v) is 7.61. The van der Waals surface area contributed by atoms with Gasteiger partial charge in [0.25, 0.3) is 5.91 Å². The standard InChI is InChI=1S/C17H21N3O2.2ClH/c1-22-15-6-8-20(14(10-15)11-18)17(21)13-4-5-16-12(9-13)3-2-7-19-16;;/h2-5,7,9,14-15H,6,8,10-11,18H2,1H3;2*1H. The highest BCUT2D eigenvalue weighted by Crippen LogP contribution is 2.22. The van der Waals surface area contributed by atoms with Crippen LogP contribution in [-0.2, 0) is 4.74 Å². The van der Waals surface area contributed by atoms with E-state index in [0.29, 0.717) is 18.7 Å². The first-order valence-electron chi connectivity index (χ1n) is 7.61. The molecule has 3 rings (SSSR count). The van der Waals surface area contributed by atoms with E-state index in [4.69, 9.17) is 10.5 Å². The predicted molar refractivity (Wildman–Crippen MR) is 100 cm³/mol. The van der Waals surface area contributed by atoms with Crippen LogP contribution >= 0.6 is 24.8 Å². The lowest BCUT2D eigenvalue weighted by Crippen LogP contribution is -2.51. The minimum Gasteiger partial charge on any atom is -0.381 e. The first kappa shape index (κ1) is 20.6. The molecule has 0 spiro atoms. The van der Waals surface area contributed by atoms with Gasteiger partial charge >= 0.3 is 0 Å². The molecular formula is C17H23Cl2N3O2.